The third kappa shape index (κ3) is 3.92. The zero-order chi connectivity index (χ0) is 18.7. The quantitative estimate of drug-likeness (QED) is 0.809. The minimum Gasteiger partial charge on any atom is -0.462 e. The lowest BCUT2D eigenvalue weighted by Gasteiger charge is -2.17. The second kappa shape index (κ2) is 7.55. The predicted molar refractivity (Wildman–Crippen MR) is 98.0 cm³/mol. The van der Waals surface area contributed by atoms with E-state index in [9.17, 15) is 9.59 Å². The number of hydrogen-bond acceptors (Lipinski definition) is 3. The summed E-state index contributed by atoms with van der Waals surface area (Å²) in [6.45, 7) is 11.6. The fraction of sp³-hybridized carbons (Fsp3) is 0.400. The van der Waals surface area contributed by atoms with Crippen molar-refractivity contribution in [3.05, 3.63) is 57.4 Å². The van der Waals surface area contributed by atoms with Crippen molar-refractivity contribution >= 4 is 11.9 Å². The van der Waals surface area contributed by atoms with Crippen molar-refractivity contribution in [1.82, 2.24) is 10.3 Å². The van der Waals surface area contributed by atoms with Crippen molar-refractivity contribution in [2.45, 2.75) is 47.6 Å². The van der Waals surface area contributed by atoms with Crippen LogP contribution in [0.25, 0.3) is 0 Å². The van der Waals surface area contributed by atoms with Crippen molar-refractivity contribution in [3.8, 4) is 0 Å². The number of aromatic nitrogens is 1. The highest BCUT2D eigenvalue weighted by molar-refractivity contribution is 6.00. The van der Waals surface area contributed by atoms with E-state index in [-0.39, 0.29) is 11.9 Å². The first-order chi connectivity index (χ1) is 11.8. The van der Waals surface area contributed by atoms with Gasteiger partial charge in [0.2, 0.25) is 0 Å². The van der Waals surface area contributed by atoms with Crippen LogP contribution in [0.3, 0.4) is 0 Å². The first-order valence-electron chi connectivity index (χ1n) is 8.50. The van der Waals surface area contributed by atoms with E-state index in [1.165, 1.54) is 0 Å². The van der Waals surface area contributed by atoms with Crippen LogP contribution in [0.2, 0.25) is 0 Å². The molecule has 5 nitrogen and oxygen atoms in total. The Balaban J connectivity index is 2.25. The highest BCUT2D eigenvalue weighted by atomic mass is 16.5. The molecule has 2 aromatic rings. The monoisotopic (exact) mass is 342 g/mol. The van der Waals surface area contributed by atoms with Crippen molar-refractivity contribution < 1.29 is 14.3 Å². The zero-order valence-corrected chi connectivity index (χ0v) is 15.7. The van der Waals surface area contributed by atoms with Gasteiger partial charge in [-0.2, -0.15) is 0 Å². The van der Waals surface area contributed by atoms with E-state index in [2.05, 4.69) is 28.5 Å². The maximum Gasteiger partial charge on any atom is 0.340 e. The SMILES string of the molecule is CCOC(=O)c1c(C)[nH]c(C(=O)NC(C)c2cc(C)ccc2C)c1C. The lowest BCUT2D eigenvalue weighted by atomic mass is 10.00. The van der Waals surface area contributed by atoms with Gasteiger partial charge in [-0.1, -0.05) is 23.8 Å². The van der Waals surface area contributed by atoms with Crippen LogP contribution in [0.1, 0.15) is 68.7 Å². The van der Waals surface area contributed by atoms with Crippen LogP contribution in [-0.4, -0.2) is 23.5 Å². The zero-order valence-electron chi connectivity index (χ0n) is 15.7. The van der Waals surface area contributed by atoms with Crippen LogP contribution in [0.15, 0.2) is 18.2 Å². The normalized spacial score (nSPS) is 11.9. The first kappa shape index (κ1) is 18.8. The molecule has 134 valence electrons. The Kier molecular flexibility index (Phi) is 5.67. The average Bonchev–Trinajstić information content (AvgIpc) is 2.84. The molecule has 1 atom stereocenters. The van der Waals surface area contributed by atoms with Gasteiger partial charge in [0.25, 0.3) is 5.91 Å². The molecular weight excluding hydrogens is 316 g/mol. The maximum absolute atomic E-state index is 12.7. The molecule has 1 aromatic heterocycles. The molecule has 1 heterocycles. The molecular formula is C20H26N2O3. The largest absolute Gasteiger partial charge is 0.462 e. The average molecular weight is 342 g/mol. The molecule has 0 radical (unpaired) electrons. The molecule has 0 aliphatic heterocycles. The highest BCUT2D eigenvalue weighted by Crippen LogP contribution is 2.22. The Morgan fingerprint density at radius 3 is 2.52 bits per heavy atom. The van der Waals surface area contributed by atoms with E-state index in [4.69, 9.17) is 4.74 Å². The summed E-state index contributed by atoms with van der Waals surface area (Å²) >= 11 is 0. The second-order valence-corrected chi connectivity index (χ2v) is 6.40. The third-order valence-corrected chi connectivity index (χ3v) is 4.39. The van der Waals surface area contributed by atoms with Crippen LogP contribution < -0.4 is 5.32 Å². The van der Waals surface area contributed by atoms with E-state index >= 15 is 0 Å². The van der Waals surface area contributed by atoms with Crippen LogP contribution >= 0.6 is 0 Å². The van der Waals surface area contributed by atoms with E-state index in [1.54, 1.807) is 20.8 Å². The molecule has 1 unspecified atom stereocenters. The Morgan fingerprint density at radius 1 is 1.20 bits per heavy atom. The summed E-state index contributed by atoms with van der Waals surface area (Å²) in [7, 11) is 0. The third-order valence-electron chi connectivity index (χ3n) is 4.39. The Bertz CT molecular complexity index is 806. The van der Waals surface area contributed by atoms with Gasteiger partial charge in [0, 0.05) is 5.69 Å². The number of hydrogen-bond donors (Lipinski definition) is 2. The van der Waals surface area contributed by atoms with Crippen LogP contribution in [0, 0.1) is 27.7 Å². The molecule has 0 spiro atoms. The number of H-pyrrole nitrogens is 1. The summed E-state index contributed by atoms with van der Waals surface area (Å²) in [5.74, 6) is -0.639. The second-order valence-electron chi connectivity index (χ2n) is 6.40. The summed E-state index contributed by atoms with van der Waals surface area (Å²) < 4.78 is 5.07. The maximum atomic E-state index is 12.7. The van der Waals surface area contributed by atoms with E-state index in [0.29, 0.717) is 29.1 Å². The summed E-state index contributed by atoms with van der Waals surface area (Å²) in [6, 6.07) is 6.05. The van der Waals surface area contributed by atoms with E-state index < -0.39 is 5.97 Å². The standard InChI is InChI=1S/C20H26N2O3/c1-7-25-20(24)17-13(4)18(21-15(17)6)19(23)22-14(5)16-10-11(2)8-9-12(16)3/h8-10,14,21H,7H2,1-6H3,(H,22,23). The van der Waals surface area contributed by atoms with Gasteiger partial charge in [0.05, 0.1) is 18.2 Å². The number of aryl methyl sites for hydroxylation is 3. The van der Waals surface area contributed by atoms with Crippen molar-refractivity contribution in [2.75, 3.05) is 6.61 Å². The minimum absolute atomic E-state index is 0.138. The number of nitrogens with one attached hydrogen (secondary N) is 2. The molecule has 0 aliphatic carbocycles. The lowest BCUT2D eigenvalue weighted by molar-refractivity contribution is 0.0525. The Morgan fingerprint density at radius 2 is 1.88 bits per heavy atom. The minimum atomic E-state index is -0.407. The van der Waals surface area contributed by atoms with Crippen molar-refractivity contribution in [2.24, 2.45) is 0 Å². The topological polar surface area (TPSA) is 71.2 Å². The number of ether oxygens (including phenoxy) is 1. The van der Waals surface area contributed by atoms with Gasteiger partial charge in [-0.05, 0) is 58.2 Å². The number of aromatic amines is 1. The molecule has 0 fully saturated rings. The van der Waals surface area contributed by atoms with Crippen LogP contribution in [0.4, 0.5) is 0 Å². The van der Waals surface area contributed by atoms with Crippen LogP contribution in [-0.2, 0) is 4.74 Å². The number of benzene rings is 1. The van der Waals surface area contributed by atoms with Gasteiger partial charge in [0.15, 0.2) is 0 Å². The van der Waals surface area contributed by atoms with Gasteiger partial charge < -0.3 is 15.0 Å². The molecule has 0 bridgehead atoms. The summed E-state index contributed by atoms with van der Waals surface area (Å²) in [6.07, 6.45) is 0. The van der Waals surface area contributed by atoms with Gasteiger partial charge >= 0.3 is 5.97 Å². The molecule has 0 saturated carbocycles. The van der Waals surface area contributed by atoms with Gasteiger partial charge in [-0.3, -0.25) is 4.79 Å². The number of rotatable bonds is 5. The number of amides is 1. The lowest BCUT2D eigenvalue weighted by Crippen LogP contribution is -2.28. The molecule has 2 rings (SSSR count). The fourth-order valence-electron chi connectivity index (χ4n) is 3.06. The van der Waals surface area contributed by atoms with Gasteiger partial charge in [-0.15, -0.1) is 0 Å². The smallest absolute Gasteiger partial charge is 0.340 e. The molecule has 0 aliphatic rings. The predicted octanol–water partition coefficient (Wildman–Crippen LogP) is 3.92. The fourth-order valence-corrected chi connectivity index (χ4v) is 3.06. The number of esters is 1. The molecule has 25 heavy (non-hydrogen) atoms. The van der Waals surface area contributed by atoms with E-state index in [1.807, 2.05) is 20.8 Å². The van der Waals surface area contributed by atoms with Crippen molar-refractivity contribution in [3.63, 3.8) is 0 Å². The Labute approximate surface area is 148 Å². The van der Waals surface area contributed by atoms with Gasteiger partial charge in [0.1, 0.15) is 5.69 Å². The molecule has 0 saturated heterocycles. The van der Waals surface area contributed by atoms with Crippen LogP contribution in [0.5, 0.6) is 0 Å². The van der Waals surface area contributed by atoms with Crippen molar-refractivity contribution in [1.29, 1.82) is 0 Å². The molecule has 1 aromatic carbocycles. The summed E-state index contributed by atoms with van der Waals surface area (Å²) in [5, 5.41) is 3.01. The number of carbonyl (C=O) groups excluding carboxylic acids is 2. The van der Waals surface area contributed by atoms with E-state index in [0.717, 1.165) is 16.7 Å². The highest BCUT2D eigenvalue weighted by Gasteiger charge is 2.24. The molecule has 2 N–H and O–H groups in total. The summed E-state index contributed by atoms with van der Waals surface area (Å²) in [4.78, 5) is 27.8. The summed E-state index contributed by atoms with van der Waals surface area (Å²) in [5.41, 5.74) is 5.45. The first-order valence-corrected chi connectivity index (χ1v) is 8.50. The molecule has 1 amide bonds. The number of carbonyl (C=O) groups is 2. The molecule has 5 heteroatoms. The van der Waals surface area contributed by atoms with Gasteiger partial charge in [-0.25, -0.2) is 4.79 Å². The Hall–Kier alpha value is -2.56.